The second-order valence-corrected chi connectivity index (χ2v) is 8.54. The number of hydrogen-bond donors (Lipinski definition) is 1. The molecule has 3 nitrogen and oxygen atoms in total. The van der Waals surface area contributed by atoms with Gasteiger partial charge in [-0.1, -0.05) is 32.1 Å². The fraction of sp³-hybridized carbons (Fsp3) is 0.688. The van der Waals surface area contributed by atoms with E-state index < -0.39 is 0 Å². The van der Waals surface area contributed by atoms with E-state index in [1.807, 2.05) is 7.05 Å². The van der Waals surface area contributed by atoms with Crippen LogP contribution in [0.3, 0.4) is 0 Å². The van der Waals surface area contributed by atoms with E-state index in [1.54, 1.807) is 11.3 Å². The number of amides is 1. The van der Waals surface area contributed by atoms with Crippen molar-refractivity contribution in [3.05, 3.63) is 20.8 Å². The van der Waals surface area contributed by atoms with Gasteiger partial charge >= 0.3 is 0 Å². The Hall–Kier alpha value is -0.390. The van der Waals surface area contributed by atoms with Crippen molar-refractivity contribution in [1.29, 1.82) is 0 Å². The molecule has 0 aromatic carbocycles. The van der Waals surface area contributed by atoms with Gasteiger partial charge in [0.2, 0.25) is 5.91 Å². The molecule has 0 saturated heterocycles. The minimum atomic E-state index is 0.165. The van der Waals surface area contributed by atoms with Crippen molar-refractivity contribution in [2.45, 2.75) is 57.5 Å². The second kappa shape index (κ2) is 8.91. The Labute approximate surface area is 140 Å². The number of carbonyl (C=O) groups is 1. The lowest BCUT2D eigenvalue weighted by Crippen LogP contribution is -2.41. The highest BCUT2D eigenvalue weighted by Gasteiger charge is 2.15. The largest absolute Gasteiger partial charge is 0.352 e. The van der Waals surface area contributed by atoms with Crippen molar-refractivity contribution in [2.75, 3.05) is 13.6 Å². The lowest BCUT2D eigenvalue weighted by atomic mass is 9.97. The van der Waals surface area contributed by atoms with Gasteiger partial charge in [-0.05, 0) is 48.0 Å². The SMILES string of the molecule is CN(CC(=O)NC1CCCCCCC1)Cc1ccc(Br)s1. The molecule has 1 aliphatic carbocycles. The quantitative estimate of drug-likeness (QED) is 0.840. The number of nitrogens with zero attached hydrogens (tertiary/aromatic N) is 1. The lowest BCUT2D eigenvalue weighted by Gasteiger charge is -2.22. The number of rotatable bonds is 5. The molecule has 118 valence electrons. The van der Waals surface area contributed by atoms with E-state index in [9.17, 15) is 4.79 Å². The number of nitrogens with one attached hydrogen (secondary N) is 1. The topological polar surface area (TPSA) is 32.3 Å². The summed E-state index contributed by atoms with van der Waals surface area (Å²) in [4.78, 5) is 15.5. The summed E-state index contributed by atoms with van der Waals surface area (Å²) in [5, 5.41) is 3.22. The molecular formula is C16H25BrN2OS. The van der Waals surface area contributed by atoms with E-state index in [0.29, 0.717) is 12.6 Å². The van der Waals surface area contributed by atoms with Gasteiger partial charge in [-0.25, -0.2) is 0 Å². The molecule has 1 aromatic rings. The summed E-state index contributed by atoms with van der Waals surface area (Å²) in [6, 6.07) is 4.56. The van der Waals surface area contributed by atoms with Gasteiger partial charge in [0, 0.05) is 17.5 Å². The summed E-state index contributed by atoms with van der Waals surface area (Å²) >= 11 is 5.20. The first-order valence-electron chi connectivity index (χ1n) is 7.85. The molecule has 1 fully saturated rings. The standard InChI is InChI=1S/C16H25BrN2OS/c1-19(11-14-9-10-15(17)21-14)12-16(20)18-13-7-5-3-2-4-6-8-13/h9-10,13H,2-8,11-12H2,1H3,(H,18,20). The van der Waals surface area contributed by atoms with Crippen LogP contribution in [0.1, 0.15) is 49.8 Å². The van der Waals surface area contributed by atoms with Crippen molar-refractivity contribution in [1.82, 2.24) is 10.2 Å². The van der Waals surface area contributed by atoms with Crippen LogP contribution < -0.4 is 5.32 Å². The average Bonchev–Trinajstić information content (AvgIpc) is 2.77. The van der Waals surface area contributed by atoms with Crippen molar-refractivity contribution >= 4 is 33.2 Å². The van der Waals surface area contributed by atoms with Gasteiger partial charge in [-0.2, -0.15) is 0 Å². The third-order valence-electron chi connectivity index (χ3n) is 3.94. The second-order valence-electron chi connectivity index (χ2n) is 5.99. The Morgan fingerprint density at radius 2 is 1.95 bits per heavy atom. The fourth-order valence-corrected chi connectivity index (χ4v) is 4.44. The number of halogens is 1. The van der Waals surface area contributed by atoms with Crippen molar-refractivity contribution in [2.24, 2.45) is 0 Å². The highest BCUT2D eigenvalue weighted by Crippen LogP contribution is 2.23. The van der Waals surface area contributed by atoms with E-state index in [4.69, 9.17) is 0 Å². The number of carbonyl (C=O) groups excluding carboxylic acids is 1. The summed E-state index contributed by atoms with van der Waals surface area (Å²) < 4.78 is 1.14. The molecule has 1 N–H and O–H groups in total. The van der Waals surface area contributed by atoms with Crippen molar-refractivity contribution in [3.63, 3.8) is 0 Å². The summed E-state index contributed by atoms with van der Waals surface area (Å²) in [6.07, 6.45) is 8.80. The van der Waals surface area contributed by atoms with Crippen LogP contribution in [-0.2, 0) is 11.3 Å². The summed E-state index contributed by atoms with van der Waals surface area (Å²) in [5.41, 5.74) is 0. The molecule has 2 rings (SSSR count). The molecule has 1 aliphatic rings. The molecule has 5 heteroatoms. The first-order chi connectivity index (χ1) is 10.1. The predicted octanol–water partition coefficient (Wildman–Crippen LogP) is 4.17. The lowest BCUT2D eigenvalue weighted by molar-refractivity contribution is -0.122. The van der Waals surface area contributed by atoms with E-state index in [0.717, 1.165) is 23.2 Å². The zero-order valence-corrected chi connectivity index (χ0v) is 15.1. The number of likely N-dealkylation sites (N-methyl/N-ethyl adjacent to an activating group) is 1. The third-order valence-corrected chi connectivity index (χ3v) is 5.55. The minimum absolute atomic E-state index is 0.165. The first kappa shape index (κ1) is 17.0. The van der Waals surface area contributed by atoms with Crippen LogP contribution in [0.4, 0.5) is 0 Å². The highest BCUT2D eigenvalue weighted by atomic mass is 79.9. The molecular weight excluding hydrogens is 348 g/mol. The maximum atomic E-state index is 12.2. The van der Waals surface area contributed by atoms with Crippen LogP contribution in [0.25, 0.3) is 0 Å². The Morgan fingerprint density at radius 3 is 2.57 bits per heavy atom. The van der Waals surface area contributed by atoms with Crippen molar-refractivity contribution < 1.29 is 4.79 Å². The monoisotopic (exact) mass is 372 g/mol. The molecule has 0 unspecified atom stereocenters. The van der Waals surface area contributed by atoms with E-state index in [-0.39, 0.29) is 5.91 Å². The maximum Gasteiger partial charge on any atom is 0.234 e. The molecule has 0 radical (unpaired) electrons. The van der Waals surface area contributed by atoms with Crippen LogP contribution in [0.15, 0.2) is 15.9 Å². The average molecular weight is 373 g/mol. The van der Waals surface area contributed by atoms with E-state index in [1.165, 1.54) is 37.0 Å². The summed E-state index contributed by atoms with van der Waals surface area (Å²) in [7, 11) is 2.01. The summed E-state index contributed by atoms with van der Waals surface area (Å²) in [6.45, 7) is 1.31. The predicted molar refractivity (Wildman–Crippen MR) is 92.6 cm³/mol. The molecule has 0 spiro atoms. The third kappa shape index (κ3) is 6.49. The van der Waals surface area contributed by atoms with Gasteiger partial charge in [0.15, 0.2) is 0 Å². The Bertz CT molecular complexity index is 441. The Balaban J connectivity index is 1.72. The Kier molecular flexibility index (Phi) is 7.20. The van der Waals surface area contributed by atoms with Crippen LogP contribution in [0.5, 0.6) is 0 Å². The molecule has 0 aliphatic heterocycles. The van der Waals surface area contributed by atoms with Gasteiger partial charge in [0.1, 0.15) is 0 Å². The smallest absolute Gasteiger partial charge is 0.234 e. The molecule has 1 aromatic heterocycles. The zero-order chi connectivity index (χ0) is 15.1. The Morgan fingerprint density at radius 1 is 1.29 bits per heavy atom. The molecule has 1 heterocycles. The highest BCUT2D eigenvalue weighted by molar-refractivity contribution is 9.11. The number of thiophene rings is 1. The van der Waals surface area contributed by atoms with Gasteiger partial charge in [0.25, 0.3) is 0 Å². The minimum Gasteiger partial charge on any atom is -0.352 e. The maximum absolute atomic E-state index is 12.2. The van der Waals surface area contributed by atoms with E-state index >= 15 is 0 Å². The van der Waals surface area contributed by atoms with E-state index in [2.05, 4.69) is 38.3 Å². The molecule has 1 amide bonds. The van der Waals surface area contributed by atoms with Gasteiger partial charge in [-0.3, -0.25) is 9.69 Å². The molecule has 1 saturated carbocycles. The van der Waals surface area contributed by atoms with Crippen molar-refractivity contribution in [3.8, 4) is 0 Å². The first-order valence-corrected chi connectivity index (χ1v) is 9.46. The van der Waals surface area contributed by atoms with Crippen LogP contribution in [-0.4, -0.2) is 30.4 Å². The summed E-state index contributed by atoms with van der Waals surface area (Å²) in [5.74, 6) is 0.165. The molecule has 0 atom stereocenters. The molecule has 0 bridgehead atoms. The van der Waals surface area contributed by atoms with Gasteiger partial charge in [-0.15, -0.1) is 11.3 Å². The van der Waals surface area contributed by atoms with Crippen LogP contribution >= 0.6 is 27.3 Å². The number of hydrogen-bond acceptors (Lipinski definition) is 3. The van der Waals surface area contributed by atoms with Crippen LogP contribution in [0.2, 0.25) is 0 Å². The molecule has 21 heavy (non-hydrogen) atoms. The fourth-order valence-electron chi connectivity index (χ4n) is 2.88. The van der Waals surface area contributed by atoms with Gasteiger partial charge in [0.05, 0.1) is 10.3 Å². The zero-order valence-electron chi connectivity index (χ0n) is 12.7. The van der Waals surface area contributed by atoms with Gasteiger partial charge < -0.3 is 5.32 Å². The normalized spacial score (nSPS) is 17.5. The van der Waals surface area contributed by atoms with Crippen LogP contribution in [0, 0.1) is 0 Å².